The lowest BCUT2D eigenvalue weighted by atomic mass is 10.1. The molecule has 1 atom stereocenters. The van der Waals surface area contributed by atoms with E-state index < -0.39 is 0 Å². The lowest BCUT2D eigenvalue weighted by molar-refractivity contribution is 0.0949. The summed E-state index contributed by atoms with van der Waals surface area (Å²) >= 11 is 7.27. The Morgan fingerprint density at radius 3 is 3.00 bits per heavy atom. The summed E-state index contributed by atoms with van der Waals surface area (Å²) in [6.45, 7) is 2.02. The molecule has 3 N–H and O–H groups in total. The van der Waals surface area contributed by atoms with Crippen molar-refractivity contribution in [1.82, 2.24) is 5.32 Å². The van der Waals surface area contributed by atoms with Gasteiger partial charge in [0.1, 0.15) is 4.88 Å². The van der Waals surface area contributed by atoms with Crippen LogP contribution in [-0.2, 0) is 0 Å². The van der Waals surface area contributed by atoms with Gasteiger partial charge in [0.2, 0.25) is 0 Å². The van der Waals surface area contributed by atoms with Gasteiger partial charge in [-0.15, -0.1) is 17.8 Å². The molecule has 2 aromatic rings. The number of nitrogen functional groups attached to an aromatic ring is 1. The lowest BCUT2D eigenvalue weighted by Crippen LogP contribution is -2.33. The summed E-state index contributed by atoms with van der Waals surface area (Å²) in [6, 6.07) is 5.13. The third-order valence-electron chi connectivity index (χ3n) is 2.98. The quantitative estimate of drug-likeness (QED) is 0.847. The highest BCUT2D eigenvalue weighted by atomic mass is 35.5. The summed E-state index contributed by atoms with van der Waals surface area (Å²) in [5, 5.41) is 4.29. The van der Waals surface area contributed by atoms with Gasteiger partial charge in [0, 0.05) is 15.1 Å². The summed E-state index contributed by atoms with van der Waals surface area (Å²) in [7, 11) is 0. The molecule has 0 bridgehead atoms. The van der Waals surface area contributed by atoms with E-state index in [2.05, 4.69) is 11.2 Å². The first-order valence-corrected chi connectivity index (χ1v) is 7.50. The molecule has 0 aliphatic heterocycles. The topological polar surface area (TPSA) is 55.1 Å². The predicted octanol–water partition coefficient (Wildman–Crippen LogP) is 3.67. The number of halogens is 1. The number of nitrogens with one attached hydrogen (secondary N) is 1. The first kappa shape index (κ1) is 14.7. The van der Waals surface area contributed by atoms with Gasteiger partial charge in [-0.1, -0.05) is 30.9 Å². The molecule has 5 heteroatoms. The number of nitrogens with two attached hydrogens (primary N) is 1. The number of thiophene rings is 1. The minimum atomic E-state index is -0.263. The minimum absolute atomic E-state index is 0.226. The zero-order valence-corrected chi connectivity index (χ0v) is 12.6. The molecule has 1 heterocycles. The molecular weight excluding hydrogens is 292 g/mol. The maximum absolute atomic E-state index is 12.3. The molecule has 0 saturated heterocycles. The van der Waals surface area contributed by atoms with Crippen LogP contribution in [0, 0.1) is 12.3 Å². The Morgan fingerprint density at radius 1 is 1.60 bits per heavy atom. The van der Waals surface area contributed by atoms with Crippen LogP contribution in [0.2, 0.25) is 5.02 Å². The second-order valence-corrected chi connectivity index (χ2v) is 5.96. The Balaban J connectivity index is 2.31. The van der Waals surface area contributed by atoms with E-state index in [9.17, 15) is 4.79 Å². The van der Waals surface area contributed by atoms with Crippen LogP contribution in [0.1, 0.15) is 29.4 Å². The van der Waals surface area contributed by atoms with Gasteiger partial charge >= 0.3 is 0 Å². The summed E-state index contributed by atoms with van der Waals surface area (Å²) in [6.07, 6.45) is 7.07. The van der Waals surface area contributed by atoms with E-state index >= 15 is 0 Å². The van der Waals surface area contributed by atoms with Crippen molar-refractivity contribution in [2.24, 2.45) is 0 Å². The summed E-state index contributed by atoms with van der Waals surface area (Å²) in [5.74, 6) is 2.35. The molecule has 0 fully saturated rings. The molecule has 1 unspecified atom stereocenters. The van der Waals surface area contributed by atoms with Gasteiger partial charge in [-0.2, -0.15) is 0 Å². The van der Waals surface area contributed by atoms with Crippen molar-refractivity contribution >= 4 is 44.6 Å². The highest BCUT2D eigenvalue weighted by molar-refractivity contribution is 7.21. The monoisotopic (exact) mass is 306 g/mol. The molecule has 3 nitrogen and oxygen atoms in total. The van der Waals surface area contributed by atoms with E-state index in [4.69, 9.17) is 23.8 Å². The number of fused-ring (bicyclic) bond motifs is 1. The van der Waals surface area contributed by atoms with Crippen LogP contribution in [0.3, 0.4) is 0 Å². The van der Waals surface area contributed by atoms with Gasteiger partial charge in [-0.25, -0.2) is 0 Å². The van der Waals surface area contributed by atoms with Gasteiger partial charge in [0.15, 0.2) is 0 Å². The van der Waals surface area contributed by atoms with Gasteiger partial charge in [0.05, 0.1) is 11.7 Å². The van der Waals surface area contributed by atoms with E-state index in [-0.39, 0.29) is 11.9 Å². The third kappa shape index (κ3) is 2.90. The number of amides is 1. The molecule has 2 rings (SSSR count). The van der Waals surface area contributed by atoms with E-state index in [0.717, 1.165) is 22.9 Å². The van der Waals surface area contributed by atoms with Crippen molar-refractivity contribution in [3.63, 3.8) is 0 Å². The largest absolute Gasteiger partial charge is 0.397 e. The van der Waals surface area contributed by atoms with Crippen molar-refractivity contribution in [3.8, 4) is 12.3 Å². The number of hydrogen-bond acceptors (Lipinski definition) is 3. The first-order valence-electron chi connectivity index (χ1n) is 6.31. The highest BCUT2D eigenvalue weighted by Gasteiger charge is 2.18. The number of carbonyl (C=O) groups excluding carboxylic acids is 1. The normalized spacial score (nSPS) is 12.1. The standard InChI is InChI=1S/C15H15ClN2OS/c1-3-5-10(4-2)18-15(19)14-13(17)11-7-6-9(16)8-12(11)20-14/h2,6-8,10H,3,5,17H2,1H3,(H,18,19). The van der Waals surface area contributed by atoms with Crippen molar-refractivity contribution in [2.75, 3.05) is 5.73 Å². The SMILES string of the molecule is C#CC(CCC)NC(=O)c1sc2cc(Cl)ccc2c1N. The number of anilines is 1. The Morgan fingerprint density at radius 2 is 2.35 bits per heavy atom. The molecule has 0 saturated carbocycles. The molecule has 0 spiro atoms. The molecular formula is C15H15ClN2OS. The lowest BCUT2D eigenvalue weighted by Gasteiger charge is -2.11. The third-order valence-corrected chi connectivity index (χ3v) is 4.38. The smallest absolute Gasteiger partial charge is 0.264 e. The van der Waals surface area contributed by atoms with Crippen LogP contribution in [0.4, 0.5) is 5.69 Å². The number of carbonyl (C=O) groups is 1. The van der Waals surface area contributed by atoms with E-state index in [1.165, 1.54) is 11.3 Å². The predicted molar refractivity (Wildman–Crippen MR) is 86.2 cm³/mol. The van der Waals surface area contributed by atoms with E-state index in [1.54, 1.807) is 12.1 Å². The number of hydrogen-bond donors (Lipinski definition) is 2. The van der Waals surface area contributed by atoms with Gasteiger partial charge in [-0.05, 0) is 24.6 Å². The fraction of sp³-hybridized carbons (Fsp3) is 0.267. The van der Waals surface area contributed by atoms with Crippen LogP contribution in [0.5, 0.6) is 0 Å². The van der Waals surface area contributed by atoms with Crippen molar-refractivity contribution in [3.05, 3.63) is 28.1 Å². The van der Waals surface area contributed by atoms with Crippen LogP contribution in [-0.4, -0.2) is 11.9 Å². The molecule has 20 heavy (non-hydrogen) atoms. The maximum atomic E-state index is 12.3. The average molecular weight is 307 g/mol. The van der Waals surface area contributed by atoms with Gasteiger partial charge in [0.25, 0.3) is 5.91 Å². The van der Waals surface area contributed by atoms with Crippen LogP contribution in [0.15, 0.2) is 18.2 Å². The van der Waals surface area contributed by atoms with Crippen LogP contribution >= 0.6 is 22.9 Å². The molecule has 1 aromatic carbocycles. The number of rotatable bonds is 4. The number of terminal acetylenes is 1. The van der Waals surface area contributed by atoms with Crippen molar-refractivity contribution in [1.29, 1.82) is 0 Å². The summed E-state index contributed by atoms with van der Waals surface area (Å²) in [5.41, 5.74) is 6.51. The van der Waals surface area contributed by atoms with Crippen molar-refractivity contribution in [2.45, 2.75) is 25.8 Å². The first-order chi connectivity index (χ1) is 9.56. The molecule has 0 radical (unpaired) electrons. The second-order valence-electron chi connectivity index (χ2n) is 4.47. The van der Waals surface area contributed by atoms with Crippen LogP contribution in [0.25, 0.3) is 10.1 Å². The Hall–Kier alpha value is -1.70. The average Bonchev–Trinajstić information content (AvgIpc) is 2.74. The molecule has 104 valence electrons. The van der Waals surface area contributed by atoms with Crippen LogP contribution < -0.4 is 11.1 Å². The fourth-order valence-corrected chi connectivity index (χ4v) is 3.27. The Labute approximate surface area is 127 Å². The molecule has 0 aliphatic carbocycles. The maximum Gasteiger partial charge on any atom is 0.264 e. The summed E-state index contributed by atoms with van der Waals surface area (Å²) < 4.78 is 0.896. The van der Waals surface area contributed by atoms with E-state index in [0.29, 0.717) is 15.6 Å². The molecule has 1 aromatic heterocycles. The Bertz CT molecular complexity index is 687. The fourth-order valence-electron chi connectivity index (χ4n) is 1.97. The van der Waals surface area contributed by atoms with Gasteiger partial charge < -0.3 is 11.1 Å². The molecule has 0 aliphatic rings. The summed E-state index contributed by atoms with van der Waals surface area (Å²) in [4.78, 5) is 12.7. The van der Waals surface area contributed by atoms with E-state index in [1.807, 2.05) is 13.0 Å². The van der Waals surface area contributed by atoms with Gasteiger partial charge in [-0.3, -0.25) is 4.79 Å². The number of benzene rings is 1. The zero-order valence-electron chi connectivity index (χ0n) is 11.1. The second kappa shape index (κ2) is 6.17. The highest BCUT2D eigenvalue weighted by Crippen LogP contribution is 2.35. The zero-order chi connectivity index (χ0) is 14.7. The Kier molecular flexibility index (Phi) is 4.53. The van der Waals surface area contributed by atoms with Crippen molar-refractivity contribution < 1.29 is 4.79 Å². The minimum Gasteiger partial charge on any atom is -0.397 e. The molecule has 1 amide bonds.